The highest BCUT2D eigenvalue weighted by atomic mass is 16.5. The molecule has 2 aliphatic rings. The molecule has 0 spiro atoms. The Morgan fingerprint density at radius 3 is 2.60 bits per heavy atom. The molecule has 0 saturated carbocycles. The Labute approximate surface area is 59.0 Å². The predicted molar refractivity (Wildman–Crippen MR) is 33.6 cm³/mol. The minimum Gasteiger partial charge on any atom is -0.481 e. The molecule has 2 saturated heterocycles. The van der Waals surface area contributed by atoms with Crippen molar-refractivity contribution in [2.45, 2.75) is 31.5 Å². The predicted octanol–water partition coefficient (Wildman–Crippen LogP) is 0.639. The molecule has 10 heavy (non-hydrogen) atoms. The second-order valence-corrected chi connectivity index (χ2v) is 3.05. The number of fused-ring (bicyclic) bond motifs is 2. The summed E-state index contributed by atoms with van der Waals surface area (Å²) in [4.78, 5) is 10.5. The van der Waals surface area contributed by atoms with Crippen molar-refractivity contribution < 1.29 is 14.6 Å². The zero-order valence-corrected chi connectivity index (χ0v) is 5.62. The molecule has 0 aromatic rings. The van der Waals surface area contributed by atoms with Gasteiger partial charge in [0.05, 0.1) is 18.1 Å². The van der Waals surface area contributed by atoms with Gasteiger partial charge in [-0.3, -0.25) is 4.79 Å². The van der Waals surface area contributed by atoms with Crippen LogP contribution in [0.1, 0.15) is 19.3 Å². The van der Waals surface area contributed by atoms with Gasteiger partial charge in [0, 0.05) is 0 Å². The molecule has 0 aromatic heterocycles. The molecule has 0 aliphatic carbocycles. The van der Waals surface area contributed by atoms with Crippen LogP contribution < -0.4 is 0 Å². The van der Waals surface area contributed by atoms with Crippen molar-refractivity contribution >= 4 is 5.97 Å². The zero-order valence-electron chi connectivity index (χ0n) is 5.62. The van der Waals surface area contributed by atoms with Crippen LogP contribution in [0.5, 0.6) is 0 Å². The van der Waals surface area contributed by atoms with E-state index in [4.69, 9.17) is 9.84 Å². The van der Waals surface area contributed by atoms with Crippen molar-refractivity contribution in [2.75, 3.05) is 0 Å². The summed E-state index contributed by atoms with van der Waals surface area (Å²) in [5, 5.41) is 8.66. The molecular weight excluding hydrogens is 132 g/mol. The second-order valence-electron chi connectivity index (χ2n) is 3.05. The lowest BCUT2D eigenvalue weighted by molar-refractivity contribution is -0.143. The minimum atomic E-state index is -0.688. The van der Waals surface area contributed by atoms with E-state index in [1.165, 1.54) is 0 Å². The molecule has 0 radical (unpaired) electrons. The standard InChI is InChI=1S/C7H10O3/c8-7(9)5-3-4-1-2-6(5)10-4/h4-6H,1-3H2,(H,8,9)/t4-,5+,6+/m1/s1. The lowest BCUT2D eigenvalue weighted by Gasteiger charge is -2.12. The Kier molecular flexibility index (Phi) is 1.20. The second kappa shape index (κ2) is 1.95. The maximum Gasteiger partial charge on any atom is 0.309 e. The molecule has 1 N–H and O–H groups in total. The first-order chi connectivity index (χ1) is 4.77. The summed E-state index contributed by atoms with van der Waals surface area (Å²) in [7, 11) is 0. The molecule has 2 rings (SSSR count). The van der Waals surface area contributed by atoms with E-state index >= 15 is 0 Å². The first kappa shape index (κ1) is 6.16. The topological polar surface area (TPSA) is 46.5 Å². The Morgan fingerprint density at radius 2 is 2.30 bits per heavy atom. The van der Waals surface area contributed by atoms with Gasteiger partial charge in [-0.1, -0.05) is 0 Å². The first-order valence-electron chi connectivity index (χ1n) is 3.65. The summed E-state index contributed by atoms with van der Waals surface area (Å²) >= 11 is 0. The fourth-order valence-corrected chi connectivity index (χ4v) is 1.90. The van der Waals surface area contributed by atoms with Gasteiger partial charge in [-0.05, 0) is 19.3 Å². The largest absolute Gasteiger partial charge is 0.481 e. The van der Waals surface area contributed by atoms with Gasteiger partial charge in [0.15, 0.2) is 0 Å². The molecule has 0 aromatic carbocycles. The Balaban J connectivity index is 2.08. The maximum absolute atomic E-state index is 10.5. The average molecular weight is 142 g/mol. The van der Waals surface area contributed by atoms with Gasteiger partial charge in [0.2, 0.25) is 0 Å². The number of ether oxygens (including phenoxy) is 1. The van der Waals surface area contributed by atoms with Crippen LogP contribution in [0, 0.1) is 5.92 Å². The number of aliphatic carboxylic acids is 1. The Bertz CT molecular complexity index is 166. The van der Waals surface area contributed by atoms with Gasteiger partial charge in [-0.25, -0.2) is 0 Å². The highest BCUT2D eigenvalue weighted by molar-refractivity contribution is 5.71. The van der Waals surface area contributed by atoms with E-state index in [1.807, 2.05) is 0 Å². The summed E-state index contributed by atoms with van der Waals surface area (Å²) in [5.41, 5.74) is 0. The molecule has 3 heteroatoms. The molecule has 3 atom stereocenters. The van der Waals surface area contributed by atoms with Gasteiger partial charge < -0.3 is 9.84 Å². The Morgan fingerprint density at radius 1 is 1.50 bits per heavy atom. The molecule has 0 unspecified atom stereocenters. The van der Waals surface area contributed by atoms with Crippen molar-refractivity contribution in [1.29, 1.82) is 0 Å². The third kappa shape index (κ3) is 0.736. The quantitative estimate of drug-likeness (QED) is 0.584. The van der Waals surface area contributed by atoms with Crippen molar-refractivity contribution in [3.8, 4) is 0 Å². The molecule has 56 valence electrons. The molecule has 2 aliphatic heterocycles. The van der Waals surface area contributed by atoms with E-state index in [2.05, 4.69) is 0 Å². The number of hydrogen-bond donors (Lipinski definition) is 1. The van der Waals surface area contributed by atoms with Gasteiger partial charge >= 0.3 is 5.97 Å². The third-order valence-electron chi connectivity index (χ3n) is 2.42. The molecule has 2 bridgehead atoms. The van der Waals surface area contributed by atoms with Crippen LogP contribution in [0.4, 0.5) is 0 Å². The van der Waals surface area contributed by atoms with Crippen LogP contribution in [-0.4, -0.2) is 23.3 Å². The molecule has 3 nitrogen and oxygen atoms in total. The summed E-state index contributed by atoms with van der Waals surface area (Å²) < 4.78 is 5.37. The minimum absolute atomic E-state index is 0.0301. The maximum atomic E-state index is 10.5. The number of hydrogen-bond acceptors (Lipinski definition) is 2. The van der Waals surface area contributed by atoms with E-state index < -0.39 is 5.97 Å². The van der Waals surface area contributed by atoms with Crippen molar-refractivity contribution in [1.82, 2.24) is 0 Å². The van der Waals surface area contributed by atoms with E-state index in [9.17, 15) is 4.79 Å². The molecule has 2 fully saturated rings. The molecule has 0 amide bonds. The summed E-state index contributed by atoms with van der Waals surface area (Å²) in [6, 6.07) is 0. The van der Waals surface area contributed by atoms with Crippen LogP contribution in [0.2, 0.25) is 0 Å². The van der Waals surface area contributed by atoms with E-state index in [-0.39, 0.29) is 18.1 Å². The number of carboxylic acids is 1. The number of carboxylic acid groups (broad SMARTS) is 1. The normalized spacial score (nSPS) is 44.2. The highest BCUT2D eigenvalue weighted by Crippen LogP contribution is 2.38. The van der Waals surface area contributed by atoms with E-state index in [0.29, 0.717) is 0 Å². The number of carbonyl (C=O) groups is 1. The Hall–Kier alpha value is -0.570. The zero-order chi connectivity index (χ0) is 7.14. The van der Waals surface area contributed by atoms with E-state index in [0.717, 1.165) is 19.3 Å². The van der Waals surface area contributed by atoms with E-state index in [1.54, 1.807) is 0 Å². The lowest BCUT2D eigenvalue weighted by Crippen LogP contribution is -2.24. The number of rotatable bonds is 1. The molecular formula is C7H10O3. The third-order valence-corrected chi connectivity index (χ3v) is 2.42. The van der Waals surface area contributed by atoms with Crippen LogP contribution in [-0.2, 0) is 9.53 Å². The highest BCUT2D eigenvalue weighted by Gasteiger charge is 2.44. The fourth-order valence-electron chi connectivity index (χ4n) is 1.90. The van der Waals surface area contributed by atoms with Crippen LogP contribution in [0.15, 0.2) is 0 Å². The SMILES string of the molecule is O=C(O)[C@H]1C[C@H]2CC[C@@H]1O2. The van der Waals surface area contributed by atoms with Crippen molar-refractivity contribution in [3.05, 3.63) is 0 Å². The summed E-state index contributed by atoms with van der Waals surface area (Å²) in [5.74, 6) is -0.897. The van der Waals surface area contributed by atoms with Gasteiger partial charge in [0.25, 0.3) is 0 Å². The smallest absolute Gasteiger partial charge is 0.309 e. The van der Waals surface area contributed by atoms with Crippen molar-refractivity contribution in [3.63, 3.8) is 0 Å². The van der Waals surface area contributed by atoms with Crippen LogP contribution in [0.3, 0.4) is 0 Å². The van der Waals surface area contributed by atoms with Gasteiger partial charge in [-0.2, -0.15) is 0 Å². The van der Waals surface area contributed by atoms with Crippen LogP contribution >= 0.6 is 0 Å². The molecule has 2 heterocycles. The fraction of sp³-hybridized carbons (Fsp3) is 0.857. The average Bonchev–Trinajstić information content (AvgIpc) is 2.44. The van der Waals surface area contributed by atoms with Gasteiger partial charge in [0.1, 0.15) is 0 Å². The monoisotopic (exact) mass is 142 g/mol. The van der Waals surface area contributed by atoms with Crippen LogP contribution in [0.25, 0.3) is 0 Å². The first-order valence-corrected chi connectivity index (χ1v) is 3.65. The summed E-state index contributed by atoms with van der Waals surface area (Å²) in [6.07, 6.45) is 3.03. The lowest BCUT2D eigenvalue weighted by atomic mass is 9.89. The summed E-state index contributed by atoms with van der Waals surface area (Å²) in [6.45, 7) is 0. The van der Waals surface area contributed by atoms with Gasteiger partial charge in [-0.15, -0.1) is 0 Å². The van der Waals surface area contributed by atoms with Crippen molar-refractivity contribution in [2.24, 2.45) is 5.92 Å².